The summed E-state index contributed by atoms with van der Waals surface area (Å²) >= 11 is 6.36. The second-order valence-electron chi connectivity index (χ2n) is 13.1. The summed E-state index contributed by atoms with van der Waals surface area (Å²) in [4.78, 5) is 40.1. The minimum atomic E-state index is -0.620. The van der Waals surface area contributed by atoms with Crippen molar-refractivity contribution < 1.29 is 33.3 Å². The SMILES string of the molecule is COC(=O)NCCOC(c1cccc(Cl)c1)c1cc2c(c(C(=O)N[C@@H](CC3CCCCC3)CN(C)C(=O)OC(C)(C)C)c1)CCO2. The summed E-state index contributed by atoms with van der Waals surface area (Å²) in [5.74, 6) is 0.894. The van der Waals surface area contributed by atoms with Gasteiger partial charge in [0.2, 0.25) is 0 Å². The number of nitrogens with zero attached hydrogens (tertiary/aromatic N) is 1. The van der Waals surface area contributed by atoms with Crippen molar-refractivity contribution in [2.75, 3.05) is 40.5 Å². The van der Waals surface area contributed by atoms with Crippen molar-refractivity contribution in [1.29, 1.82) is 0 Å². The van der Waals surface area contributed by atoms with Gasteiger partial charge in [-0.15, -0.1) is 0 Å². The van der Waals surface area contributed by atoms with E-state index in [0.29, 0.717) is 41.8 Å². The van der Waals surface area contributed by atoms with Crippen LogP contribution < -0.4 is 15.4 Å². The van der Waals surface area contributed by atoms with Crippen LogP contribution in [-0.2, 0) is 20.6 Å². The highest BCUT2D eigenvalue weighted by Gasteiger charge is 2.30. The fourth-order valence-corrected chi connectivity index (χ4v) is 6.34. The molecule has 3 amide bonds. The maximum atomic E-state index is 14.1. The number of nitrogens with one attached hydrogen (secondary N) is 2. The maximum Gasteiger partial charge on any atom is 0.410 e. The molecule has 252 valence electrons. The lowest BCUT2D eigenvalue weighted by Crippen LogP contribution is -2.46. The van der Waals surface area contributed by atoms with Gasteiger partial charge in [-0.1, -0.05) is 55.8 Å². The van der Waals surface area contributed by atoms with Crippen molar-refractivity contribution in [2.45, 2.75) is 83.5 Å². The lowest BCUT2D eigenvalue weighted by atomic mass is 9.84. The number of hydrogen-bond donors (Lipinski definition) is 2. The molecule has 0 spiro atoms. The zero-order valence-corrected chi connectivity index (χ0v) is 28.4. The molecule has 2 aliphatic rings. The maximum absolute atomic E-state index is 14.1. The number of amides is 3. The van der Waals surface area contributed by atoms with E-state index in [2.05, 4.69) is 15.4 Å². The van der Waals surface area contributed by atoms with Crippen molar-refractivity contribution in [3.8, 4) is 5.75 Å². The predicted molar refractivity (Wildman–Crippen MR) is 177 cm³/mol. The molecule has 2 aromatic rings. The van der Waals surface area contributed by atoms with Gasteiger partial charge in [0.25, 0.3) is 5.91 Å². The summed E-state index contributed by atoms with van der Waals surface area (Å²) in [5, 5.41) is 6.45. The fourth-order valence-electron chi connectivity index (χ4n) is 6.14. The van der Waals surface area contributed by atoms with E-state index >= 15 is 0 Å². The molecule has 1 saturated carbocycles. The Morgan fingerprint density at radius 3 is 2.54 bits per heavy atom. The molecule has 1 unspecified atom stereocenters. The number of fused-ring (bicyclic) bond motifs is 1. The summed E-state index contributed by atoms with van der Waals surface area (Å²) in [6, 6.07) is 10.9. The summed E-state index contributed by atoms with van der Waals surface area (Å²) < 4.78 is 22.5. The molecule has 1 fully saturated rings. The number of alkyl carbamates (subject to hydrolysis) is 1. The third-order valence-corrected chi connectivity index (χ3v) is 8.49. The third-order valence-electron chi connectivity index (χ3n) is 8.26. The van der Waals surface area contributed by atoms with Gasteiger partial charge in [0.15, 0.2) is 0 Å². The van der Waals surface area contributed by atoms with Crippen molar-refractivity contribution in [3.63, 3.8) is 0 Å². The smallest absolute Gasteiger partial charge is 0.410 e. The van der Waals surface area contributed by atoms with Gasteiger partial charge in [0, 0.05) is 48.7 Å². The number of hydrogen-bond acceptors (Lipinski definition) is 7. The number of methoxy groups -OCH3 is 1. The molecule has 46 heavy (non-hydrogen) atoms. The quantitative estimate of drug-likeness (QED) is 0.245. The van der Waals surface area contributed by atoms with Crippen LogP contribution in [0.4, 0.5) is 9.59 Å². The molecule has 0 saturated heterocycles. The van der Waals surface area contributed by atoms with Crippen LogP contribution in [0.3, 0.4) is 0 Å². The Morgan fingerprint density at radius 1 is 1.09 bits per heavy atom. The Labute approximate surface area is 277 Å². The molecule has 11 heteroatoms. The van der Waals surface area contributed by atoms with E-state index < -0.39 is 23.9 Å². The Kier molecular flexibility index (Phi) is 12.6. The Hall–Kier alpha value is -3.50. The highest BCUT2D eigenvalue weighted by Crippen LogP contribution is 2.36. The lowest BCUT2D eigenvalue weighted by molar-refractivity contribution is 0.0274. The van der Waals surface area contributed by atoms with Gasteiger partial charge in [-0.2, -0.15) is 0 Å². The molecular weight excluding hydrogens is 610 g/mol. The highest BCUT2D eigenvalue weighted by atomic mass is 35.5. The topological polar surface area (TPSA) is 115 Å². The summed E-state index contributed by atoms with van der Waals surface area (Å²) in [5.41, 5.74) is 2.26. The largest absolute Gasteiger partial charge is 0.493 e. The normalized spacial score (nSPS) is 16.0. The molecule has 1 heterocycles. The minimum Gasteiger partial charge on any atom is -0.493 e. The Balaban J connectivity index is 1.61. The van der Waals surface area contributed by atoms with E-state index in [1.165, 1.54) is 26.4 Å². The fraction of sp³-hybridized carbons (Fsp3) is 0.571. The highest BCUT2D eigenvalue weighted by molar-refractivity contribution is 6.30. The molecule has 2 aromatic carbocycles. The van der Waals surface area contributed by atoms with Gasteiger partial charge in [0.1, 0.15) is 17.5 Å². The molecule has 0 aromatic heterocycles. The predicted octanol–water partition coefficient (Wildman–Crippen LogP) is 6.67. The number of halogens is 1. The lowest BCUT2D eigenvalue weighted by Gasteiger charge is -2.31. The van der Waals surface area contributed by atoms with Crippen LogP contribution in [-0.4, -0.2) is 75.1 Å². The Bertz CT molecular complexity index is 1360. The van der Waals surface area contributed by atoms with Crippen LogP contribution in [0.15, 0.2) is 36.4 Å². The van der Waals surface area contributed by atoms with Gasteiger partial charge in [-0.25, -0.2) is 9.59 Å². The average molecular weight is 658 g/mol. The van der Waals surface area contributed by atoms with Gasteiger partial charge >= 0.3 is 12.2 Å². The zero-order valence-electron chi connectivity index (χ0n) is 27.7. The first-order valence-corrected chi connectivity index (χ1v) is 16.5. The molecule has 2 atom stereocenters. The van der Waals surface area contributed by atoms with Crippen LogP contribution in [0.2, 0.25) is 5.02 Å². The van der Waals surface area contributed by atoms with E-state index in [9.17, 15) is 14.4 Å². The molecule has 2 N–H and O–H groups in total. The van der Waals surface area contributed by atoms with Crippen molar-refractivity contribution in [1.82, 2.24) is 15.5 Å². The first-order valence-electron chi connectivity index (χ1n) is 16.2. The van der Waals surface area contributed by atoms with Gasteiger partial charge in [0.05, 0.1) is 20.3 Å². The van der Waals surface area contributed by atoms with E-state index in [-0.39, 0.29) is 25.1 Å². The second kappa shape index (κ2) is 16.4. The van der Waals surface area contributed by atoms with Crippen LogP contribution >= 0.6 is 11.6 Å². The van der Waals surface area contributed by atoms with E-state index in [4.69, 9.17) is 25.8 Å². The number of ether oxygens (including phenoxy) is 4. The van der Waals surface area contributed by atoms with Crippen LogP contribution in [0, 0.1) is 5.92 Å². The number of carbonyl (C=O) groups excluding carboxylic acids is 3. The van der Waals surface area contributed by atoms with Crippen molar-refractivity contribution in [2.24, 2.45) is 5.92 Å². The number of rotatable bonds is 12. The third kappa shape index (κ3) is 10.3. The molecule has 0 bridgehead atoms. The van der Waals surface area contributed by atoms with E-state index in [0.717, 1.165) is 36.0 Å². The van der Waals surface area contributed by atoms with Crippen LogP contribution in [0.5, 0.6) is 5.75 Å². The molecule has 10 nitrogen and oxygen atoms in total. The van der Waals surface area contributed by atoms with Crippen molar-refractivity contribution in [3.05, 3.63) is 63.7 Å². The molecule has 1 aliphatic heterocycles. The second-order valence-corrected chi connectivity index (χ2v) is 13.6. The average Bonchev–Trinajstić information content (AvgIpc) is 3.49. The Morgan fingerprint density at radius 2 is 1.85 bits per heavy atom. The summed E-state index contributed by atoms with van der Waals surface area (Å²) in [6.45, 7) is 6.73. The van der Waals surface area contributed by atoms with Gasteiger partial charge in [-0.3, -0.25) is 4.79 Å². The standard InChI is InChI=1S/C35H48ClN3O7/c1-35(2,3)46-34(42)39(4)22-27(18-23-10-7-6-8-11-23)38-32(40)29-20-25(21-30-28(29)14-16-44-30)31(24-12-9-13-26(36)19-24)45-17-15-37-33(41)43-5/h9,12-13,19-21,23,27,31H,6-8,10-11,14-18,22H2,1-5H3,(H,37,41)(H,38,40)/t27-,31?/m0/s1. The number of likely N-dealkylation sites (N-methyl/N-ethyl adjacent to an activating group) is 1. The molecule has 4 rings (SSSR count). The zero-order chi connectivity index (χ0) is 33.3. The van der Waals surface area contributed by atoms with E-state index in [1.54, 1.807) is 18.0 Å². The number of carbonyl (C=O) groups is 3. The first kappa shape index (κ1) is 35.4. The van der Waals surface area contributed by atoms with Crippen LogP contribution in [0.1, 0.15) is 92.4 Å². The van der Waals surface area contributed by atoms with Crippen molar-refractivity contribution >= 4 is 29.7 Å². The summed E-state index contributed by atoms with van der Waals surface area (Å²) in [7, 11) is 3.01. The first-order chi connectivity index (χ1) is 21.9. The molecule has 0 radical (unpaired) electrons. The van der Waals surface area contributed by atoms with Gasteiger partial charge < -0.3 is 34.5 Å². The van der Waals surface area contributed by atoms with Crippen LogP contribution in [0.25, 0.3) is 0 Å². The monoisotopic (exact) mass is 657 g/mol. The molecule has 1 aliphatic carbocycles. The van der Waals surface area contributed by atoms with E-state index in [1.807, 2.05) is 51.1 Å². The summed E-state index contributed by atoms with van der Waals surface area (Å²) in [6.07, 6.45) is 5.65. The minimum absolute atomic E-state index is 0.187. The van der Waals surface area contributed by atoms with Gasteiger partial charge in [-0.05, 0) is 68.5 Å². The molecular formula is C35H48ClN3O7. The number of benzene rings is 2.